The number of carbonyl (C=O) groups is 2. The largest absolute Gasteiger partial charge is 0.378 e. The van der Waals surface area contributed by atoms with Gasteiger partial charge in [-0.15, -0.1) is 0 Å². The summed E-state index contributed by atoms with van der Waals surface area (Å²) in [6, 6.07) is 0.445. The molecule has 0 aromatic carbocycles. The van der Waals surface area contributed by atoms with E-state index in [0.717, 1.165) is 12.8 Å². The van der Waals surface area contributed by atoms with Crippen molar-refractivity contribution < 1.29 is 14.3 Å². The summed E-state index contributed by atoms with van der Waals surface area (Å²) in [4.78, 5) is 29.6. The summed E-state index contributed by atoms with van der Waals surface area (Å²) in [6.45, 7) is 4.07. The van der Waals surface area contributed by atoms with E-state index in [-0.39, 0.29) is 18.5 Å². The monoisotopic (exact) mass is 253 g/mol. The van der Waals surface area contributed by atoms with Gasteiger partial charge in [-0.05, 0) is 12.8 Å². The van der Waals surface area contributed by atoms with E-state index in [9.17, 15) is 9.59 Å². The van der Waals surface area contributed by atoms with Crippen molar-refractivity contribution in [1.82, 2.24) is 14.7 Å². The first kappa shape index (κ1) is 11.8. The number of piperazine rings is 1. The van der Waals surface area contributed by atoms with Crippen LogP contribution in [0, 0.1) is 0 Å². The maximum absolute atomic E-state index is 12.2. The van der Waals surface area contributed by atoms with Crippen LogP contribution < -0.4 is 0 Å². The van der Waals surface area contributed by atoms with Crippen molar-refractivity contribution >= 4 is 11.9 Å². The third-order valence-corrected chi connectivity index (χ3v) is 3.80. The van der Waals surface area contributed by atoms with Crippen molar-refractivity contribution in [2.45, 2.75) is 18.9 Å². The number of amides is 3. The Morgan fingerprint density at radius 2 is 1.78 bits per heavy atom. The molecule has 2 heterocycles. The van der Waals surface area contributed by atoms with Gasteiger partial charge in [0.05, 0.1) is 13.2 Å². The molecule has 3 rings (SSSR count). The zero-order chi connectivity index (χ0) is 12.5. The lowest BCUT2D eigenvalue weighted by Crippen LogP contribution is -2.57. The fraction of sp³-hybridized carbons (Fsp3) is 0.833. The number of hydrogen-bond donors (Lipinski definition) is 0. The Kier molecular flexibility index (Phi) is 3.11. The highest BCUT2D eigenvalue weighted by atomic mass is 16.5. The van der Waals surface area contributed by atoms with E-state index in [2.05, 4.69) is 0 Å². The molecule has 0 bridgehead atoms. The second kappa shape index (κ2) is 4.76. The van der Waals surface area contributed by atoms with Gasteiger partial charge in [0.15, 0.2) is 0 Å². The molecular weight excluding hydrogens is 234 g/mol. The molecule has 0 aromatic heterocycles. The van der Waals surface area contributed by atoms with Gasteiger partial charge in [0, 0.05) is 32.2 Å². The summed E-state index contributed by atoms with van der Waals surface area (Å²) < 4.78 is 5.23. The van der Waals surface area contributed by atoms with Crippen LogP contribution in [-0.2, 0) is 9.53 Å². The van der Waals surface area contributed by atoms with Crippen molar-refractivity contribution in [3.05, 3.63) is 0 Å². The zero-order valence-electron chi connectivity index (χ0n) is 10.5. The second-order valence-corrected chi connectivity index (χ2v) is 5.12. The van der Waals surface area contributed by atoms with Crippen LogP contribution >= 0.6 is 0 Å². The molecule has 0 unspecified atom stereocenters. The lowest BCUT2D eigenvalue weighted by atomic mass is 10.3. The Bertz CT molecular complexity index is 350. The van der Waals surface area contributed by atoms with Gasteiger partial charge in [0.1, 0.15) is 6.54 Å². The van der Waals surface area contributed by atoms with E-state index >= 15 is 0 Å². The van der Waals surface area contributed by atoms with E-state index in [1.807, 2.05) is 4.90 Å². The Hall–Kier alpha value is -1.30. The van der Waals surface area contributed by atoms with E-state index in [1.54, 1.807) is 9.80 Å². The normalized spacial score (nSPS) is 25.6. The summed E-state index contributed by atoms with van der Waals surface area (Å²) in [5, 5.41) is 0. The minimum Gasteiger partial charge on any atom is -0.378 e. The van der Waals surface area contributed by atoms with Gasteiger partial charge < -0.3 is 19.4 Å². The molecule has 6 nitrogen and oxygen atoms in total. The Labute approximate surface area is 106 Å². The molecule has 0 spiro atoms. The molecule has 1 saturated carbocycles. The molecule has 2 saturated heterocycles. The SMILES string of the molecule is O=C(N1CCOCC1)N1CCN(C2CC2)C(=O)C1. The van der Waals surface area contributed by atoms with Crippen LogP contribution in [0.2, 0.25) is 0 Å². The van der Waals surface area contributed by atoms with Gasteiger partial charge in [-0.1, -0.05) is 0 Å². The molecular formula is C12H19N3O3. The van der Waals surface area contributed by atoms with Crippen LogP contribution in [0.25, 0.3) is 0 Å². The number of morpholine rings is 1. The number of carbonyl (C=O) groups excluding carboxylic acids is 2. The molecule has 18 heavy (non-hydrogen) atoms. The van der Waals surface area contributed by atoms with E-state index in [0.29, 0.717) is 45.4 Å². The van der Waals surface area contributed by atoms with Crippen molar-refractivity contribution in [3.63, 3.8) is 0 Å². The lowest BCUT2D eigenvalue weighted by Gasteiger charge is -2.38. The van der Waals surface area contributed by atoms with Gasteiger partial charge in [0.2, 0.25) is 5.91 Å². The maximum Gasteiger partial charge on any atom is 0.320 e. The molecule has 3 amide bonds. The van der Waals surface area contributed by atoms with Crippen molar-refractivity contribution in [2.75, 3.05) is 45.9 Å². The van der Waals surface area contributed by atoms with Gasteiger partial charge in [0.25, 0.3) is 0 Å². The third kappa shape index (κ3) is 2.29. The number of nitrogens with zero attached hydrogens (tertiary/aromatic N) is 3. The summed E-state index contributed by atoms with van der Waals surface area (Å²) in [7, 11) is 0. The predicted molar refractivity (Wildman–Crippen MR) is 64.1 cm³/mol. The zero-order valence-corrected chi connectivity index (χ0v) is 10.5. The van der Waals surface area contributed by atoms with Crippen molar-refractivity contribution in [3.8, 4) is 0 Å². The molecule has 0 atom stereocenters. The third-order valence-electron chi connectivity index (χ3n) is 3.80. The van der Waals surface area contributed by atoms with Gasteiger partial charge in [-0.25, -0.2) is 4.79 Å². The molecule has 0 N–H and O–H groups in total. The maximum atomic E-state index is 12.2. The Balaban J connectivity index is 1.56. The Morgan fingerprint density at radius 3 is 2.39 bits per heavy atom. The minimum absolute atomic E-state index is 0.0119. The molecule has 0 aromatic rings. The van der Waals surface area contributed by atoms with E-state index < -0.39 is 0 Å². The highest BCUT2D eigenvalue weighted by molar-refractivity contribution is 5.85. The minimum atomic E-state index is -0.0119. The smallest absolute Gasteiger partial charge is 0.320 e. The topological polar surface area (TPSA) is 53.1 Å². The quantitative estimate of drug-likeness (QED) is 0.647. The average Bonchev–Trinajstić information content (AvgIpc) is 3.23. The summed E-state index contributed by atoms with van der Waals surface area (Å²) in [5.74, 6) is 0.102. The number of hydrogen-bond acceptors (Lipinski definition) is 3. The fourth-order valence-corrected chi connectivity index (χ4v) is 2.58. The van der Waals surface area contributed by atoms with Crippen LogP contribution in [0.3, 0.4) is 0 Å². The highest BCUT2D eigenvalue weighted by Crippen LogP contribution is 2.28. The van der Waals surface area contributed by atoms with Gasteiger partial charge in [-0.2, -0.15) is 0 Å². The van der Waals surface area contributed by atoms with Crippen LogP contribution in [0.5, 0.6) is 0 Å². The van der Waals surface area contributed by atoms with Gasteiger partial charge >= 0.3 is 6.03 Å². The molecule has 0 radical (unpaired) electrons. The van der Waals surface area contributed by atoms with E-state index in [1.165, 1.54) is 0 Å². The summed E-state index contributed by atoms with van der Waals surface area (Å²) in [5.41, 5.74) is 0. The average molecular weight is 253 g/mol. The number of rotatable bonds is 1. The summed E-state index contributed by atoms with van der Waals surface area (Å²) >= 11 is 0. The van der Waals surface area contributed by atoms with Gasteiger partial charge in [-0.3, -0.25) is 4.79 Å². The first-order valence-corrected chi connectivity index (χ1v) is 6.67. The molecule has 3 aliphatic rings. The van der Waals surface area contributed by atoms with E-state index in [4.69, 9.17) is 4.74 Å². The molecule has 100 valence electrons. The first-order chi connectivity index (χ1) is 8.75. The highest BCUT2D eigenvalue weighted by Gasteiger charge is 2.37. The van der Waals surface area contributed by atoms with Crippen LogP contribution in [0.15, 0.2) is 0 Å². The number of ether oxygens (including phenoxy) is 1. The van der Waals surface area contributed by atoms with Crippen LogP contribution in [-0.4, -0.2) is 78.6 Å². The molecule has 6 heteroatoms. The molecule has 3 fully saturated rings. The second-order valence-electron chi connectivity index (χ2n) is 5.12. The van der Waals surface area contributed by atoms with Crippen molar-refractivity contribution in [2.24, 2.45) is 0 Å². The molecule has 1 aliphatic carbocycles. The van der Waals surface area contributed by atoms with Crippen LogP contribution in [0.4, 0.5) is 4.79 Å². The predicted octanol–water partition coefficient (Wildman–Crippen LogP) is -0.255. The lowest BCUT2D eigenvalue weighted by molar-refractivity contribution is -0.135. The summed E-state index contributed by atoms with van der Waals surface area (Å²) in [6.07, 6.45) is 2.26. The molecule has 2 aliphatic heterocycles. The Morgan fingerprint density at radius 1 is 1.06 bits per heavy atom. The first-order valence-electron chi connectivity index (χ1n) is 6.67. The number of urea groups is 1. The fourth-order valence-electron chi connectivity index (χ4n) is 2.58. The van der Waals surface area contributed by atoms with Crippen molar-refractivity contribution in [1.29, 1.82) is 0 Å². The standard InChI is InChI=1S/C12H19N3O3/c16-11-9-14(3-4-15(11)10-1-2-10)12(17)13-5-7-18-8-6-13/h10H,1-9H2. The van der Waals surface area contributed by atoms with Crippen LogP contribution in [0.1, 0.15) is 12.8 Å².